The maximum Gasteiger partial charge on any atom is 0.339 e. The minimum absolute atomic E-state index is 0.0518. The number of thioether (sulfide) groups is 1. The molecule has 0 bridgehead atoms. The van der Waals surface area contributed by atoms with E-state index in [0.29, 0.717) is 26.3 Å². The van der Waals surface area contributed by atoms with Gasteiger partial charge in [-0.15, -0.1) is 0 Å². The molecular weight excluding hydrogens is 468 g/mol. The molecule has 32 heavy (non-hydrogen) atoms. The predicted molar refractivity (Wildman–Crippen MR) is 128 cm³/mol. The molecule has 1 amide bonds. The van der Waals surface area contributed by atoms with Crippen molar-refractivity contribution >= 4 is 56.3 Å². The van der Waals surface area contributed by atoms with Crippen LogP contribution in [0.1, 0.15) is 11.1 Å². The first-order valence-electron chi connectivity index (χ1n) is 9.45. The van der Waals surface area contributed by atoms with Crippen molar-refractivity contribution in [3.8, 4) is 5.75 Å². The lowest BCUT2D eigenvalue weighted by atomic mass is 10.2. The van der Waals surface area contributed by atoms with Gasteiger partial charge in [0.1, 0.15) is 10.6 Å². The third kappa shape index (κ3) is 5.21. The Balaban J connectivity index is 1.59. The first-order chi connectivity index (χ1) is 15.3. The van der Waals surface area contributed by atoms with Crippen LogP contribution in [0.4, 0.5) is 5.69 Å². The molecule has 4 rings (SSSR count). The Morgan fingerprint density at radius 2 is 1.69 bits per heavy atom. The number of hydrogen-bond donors (Lipinski definition) is 1. The van der Waals surface area contributed by atoms with Crippen molar-refractivity contribution in [1.82, 2.24) is 5.32 Å². The van der Waals surface area contributed by atoms with Gasteiger partial charge in [0.25, 0.3) is 5.91 Å². The number of para-hydroxylation sites is 1. The zero-order chi connectivity index (χ0) is 22.7. The second kappa shape index (κ2) is 9.20. The summed E-state index contributed by atoms with van der Waals surface area (Å²) in [5.74, 6) is -0.212. The Bertz CT molecular complexity index is 1330. The van der Waals surface area contributed by atoms with E-state index in [-0.39, 0.29) is 16.6 Å². The van der Waals surface area contributed by atoms with Gasteiger partial charge in [0.2, 0.25) is 0 Å². The number of carbonyl (C=O) groups is 1. The number of nitrogens with one attached hydrogen (secondary N) is 1. The van der Waals surface area contributed by atoms with Crippen LogP contribution < -0.4 is 9.50 Å². The average Bonchev–Trinajstić information content (AvgIpc) is 3.10. The Kier molecular flexibility index (Phi) is 6.36. The predicted octanol–water partition coefficient (Wildman–Crippen LogP) is 5.31. The lowest BCUT2D eigenvalue weighted by molar-refractivity contribution is -0.115. The number of halogens is 1. The minimum Gasteiger partial charge on any atom is -0.378 e. The number of amides is 1. The molecule has 1 aliphatic heterocycles. The van der Waals surface area contributed by atoms with E-state index >= 15 is 0 Å². The van der Waals surface area contributed by atoms with E-state index in [2.05, 4.69) is 10.3 Å². The Hall–Kier alpha value is -3.07. The standard InChI is InChI=1S/C23H17ClN2O4S2/c1-15-6-12-19(13-7-15)32(28,29)30-20-5-3-2-4-16(20)14-21-22(27)26-23(31-21)25-18-10-8-17(24)9-11-18/h2-14H,1H3,(H,25,26,27)/b21-14-. The third-order valence-corrected chi connectivity index (χ3v) is 6.83. The number of hydrogen-bond acceptors (Lipinski definition) is 6. The van der Waals surface area contributed by atoms with Crippen molar-refractivity contribution in [2.45, 2.75) is 11.8 Å². The summed E-state index contributed by atoms with van der Waals surface area (Å²) in [5, 5.41) is 3.70. The zero-order valence-electron chi connectivity index (χ0n) is 16.8. The van der Waals surface area contributed by atoms with Gasteiger partial charge in [0.05, 0.1) is 10.6 Å². The Labute approximate surface area is 195 Å². The second-order valence-electron chi connectivity index (χ2n) is 6.85. The number of nitrogens with zero attached hydrogens (tertiary/aromatic N) is 1. The second-order valence-corrected chi connectivity index (χ2v) is 9.86. The molecular formula is C23H17ClN2O4S2. The summed E-state index contributed by atoms with van der Waals surface area (Å²) >= 11 is 7.03. The fraction of sp³-hybridized carbons (Fsp3) is 0.0435. The van der Waals surface area contributed by atoms with E-state index in [1.807, 2.05) is 6.92 Å². The number of carbonyl (C=O) groups excluding carboxylic acids is 1. The molecule has 1 heterocycles. The maximum atomic E-state index is 12.7. The quantitative estimate of drug-likeness (QED) is 0.392. The van der Waals surface area contributed by atoms with Crippen LogP contribution in [0.15, 0.2) is 87.6 Å². The molecule has 1 saturated heterocycles. The summed E-state index contributed by atoms with van der Waals surface area (Å²) in [4.78, 5) is 17.2. The monoisotopic (exact) mass is 484 g/mol. The molecule has 1 fully saturated rings. The zero-order valence-corrected chi connectivity index (χ0v) is 19.2. The van der Waals surface area contributed by atoms with Gasteiger partial charge in [-0.25, -0.2) is 4.99 Å². The normalized spacial score (nSPS) is 16.4. The summed E-state index contributed by atoms with van der Waals surface area (Å²) in [6.45, 7) is 1.87. The van der Waals surface area contributed by atoms with Gasteiger partial charge < -0.3 is 9.50 Å². The van der Waals surface area contributed by atoms with E-state index in [9.17, 15) is 13.2 Å². The summed E-state index contributed by atoms with van der Waals surface area (Å²) in [6, 6.07) is 19.9. The number of aryl methyl sites for hydroxylation is 1. The fourth-order valence-corrected chi connectivity index (χ4v) is 4.71. The molecule has 1 N–H and O–H groups in total. The van der Waals surface area contributed by atoms with Crippen LogP contribution in [0.25, 0.3) is 6.08 Å². The van der Waals surface area contributed by atoms with Gasteiger partial charge in [-0.1, -0.05) is 47.5 Å². The molecule has 3 aromatic rings. The molecule has 1 aliphatic rings. The molecule has 0 unspecified atom stereocenters. The molecule has 162 valence electrons. The highest BCUT2D eigenvalue weighted by molar-refractivity contribution is 8.18. The van der Waals surface area contributed by atoms with Crippen molar-refractivity contribution in [1.29, 1.82) is 0 Å². The summed E-state index contributed by atoms with van der Waals surface area (Å²) in [7, 11) is -4.03. The van der Waals surface area contributed by atoms with Crippen molar-refractivity contribution < 1.29 is 17.4 Å². The van der Waals surface area contributed by atoms with Crippen LogP contribution in [0.5, 0.6) is 5.75 Å². The number of rotatable bonds is 5. The smallest absolute Gasteiger partial charge is 0.339 e. The van der Waals surface area contributed by atoms with E-state index in [1.54, 1.807) is 66.7 Å². The van der Waals surface area contributed by atoms with Crippen LogP contribution in [0.3, 0.4) is 0 Å². The van der Waals surface area contributed by atoms with E-state index in [0.717, 1.165) is 17.3 Å². The topological polar surface area (TPSA) is 84.8 Å². The minimum atomic E-state index is -4.03. The summed E-state index contributed by atoms with van der Waals surface area (Å²) in [6.07, 6.45) is 1.57. The summed E-state index contributed by atoms with van der Waals surface area (Å²) in [5.41, 5.74) is 2.04. The largest absolute Gasteiger partial charge is 0.378 e. The van der Waals surface area contributed by atoms with E-state index in [4.69, 9.17) is 15.8 Å². The van der Waals surface area contributed by atoms with Crippen molar-refractivity contribution in [2.75, 3.05) is 0 Å². The van der Waals surface area contributed by atoms with E-state index < -0.39 is 10.1 Å². The molecule has 0 aliphatic carbocycles. The van der Waals surface area contributed by atoms with Gasteiger partial charge in [0.15, 0.2) is 5.17 Å². The van der Waals surface area contributed by atoms with Crippen LogP contribution in [0, 0.1) is 6.92 Å². The molecule has 0 aromatic heterocycles. The van der Waals surface area contributed by atoms with Crippen molar-refractivity contribution in [2.24, 2.45) is 4.99 Å². The molecule has 0 spiro atoms. The van der Waals surface area contributed by atoms with Crippen LogP contribution >= 0.6 is 23.4 Å². The first kappa shape index (κ1) is 22.1. The van der Waals surface area contributed by atoms with Crippen molar-refractivity contribution in [3.63, 3.8) is 0 Å². The highest BCUT2D eigenvalue weighted by Crippen LogP contribution is 2.32. The van der Waals surface area contributed by atoms with Crippen LogP contribution in [-0.4, -0.2) is 19.5 Å². The van der Waals surface area contributed by atoms with Crippen LogP contribution in [0.2, 0.25) is 5.02 Å². The average molecular weight is 485 g/mol. The summed E-state index contributed by atoms with van der Waals surface area (Å²) < 4.78 is 30.8. The molecule has 6 nitrogen and oxygen atoms in total. The lowest BCUT2D eigenvalue weighted by Gasteiger charge is -2.10. The molecule has 0 radical (unpaired) electrons. The lowest BCUT2D eigenvalue weighted by Crippen LogP contribution is -2.19. The van der Waals surface area contributed by atoms with Gasteiger partial charge in [0, 0.05) is 10.6 Å². The highest BCUT2D eigenvalue weighted by Gasteiger charge is 2.25. The maximum absolute atomic E-state index is 12.7. The number of aliphatic imine (C=N–C) groups is 1. The van der Waals surface area contributed by atoms with Crippen LogP contribution in [-0.2, 0) is 14.9 Å². The fourth-order valence-electron chi connectivity index (χ4n) is 2.80. The van der Waals surface area contributed by atoms with Gasteiger partial charge in [-0.3, -0.25) is 4.79 Å². The van der Waals surface area contributed by atoms with E-state index in [1.165, 1.54) is 12.1 Å². The van der Waals surface area contributed by atoms with Gasteiger partial charge in [-0.2, -0.15) is 8.42 Å². The molecule has 9 heteroatoms. The van der Waals surface area contributed by atoms with Gasteiger partial charge in [-0.05, 0) is 67.2 Å². The molecule has 0 saturated carbocycles. The Morgan fingerprint density at radius 3 is 2.41 bits per heavy atom. The highest BCUT2D eigenvalue weighted by atomic mass is 35.5. The SMILES string of the molecule is Cc1ccc(S(=O)(=O)Oc2ccccc2/C=C2\SC(=Nc3ccc(Cl)cc3)NC2=O)cc1. The van der Waals surface area contributed by atoms with Crippen molar-refractivity contribution in [3.05, 3.63) is 93.9 Å². The first-order valence-corrected chi connectivity index (χ1v) is 12.1. The number of benzene rings is 3. The Morgan fingerprint density at radius 1 is 1.00 bits per heavy atom. The third-order valence-electron chi connectivity index (χ3n) is 4.42. The molecule has 0 atom stereocenters. The van der Waals surface area contributed by atoms with Gasteiger partial charge >= 0.3 is 10.1 Å². The molecule has 3 aromatic carbocycles. The number of amidine groups is 1.